The SMILES string of the molecule is Cc1cc(C)c2c(c1)c(-c1ccccc1)c(-c1ccccc1)n2CC(O)CNC1CCCCC1. The maximum atomic E-state index is 11.2. The lowest BCUT2D eigenvalue weighted by atomic mass is 9.95. The highest BCUT2D eigenvalue weighted by atomic mass is 16.3. The van der Waals surface area contributed by atoms with Gasteiger partial charge in [0.25, 0.3) is 0 Å². The van der Waals surface area contributed by atoms with Crippen molar-refractivity contribution < 1.29 is 5.11 Å². The van der Waals surface area contributed by atoms with E-state index in [0.29, 0.717) is 19.1 Å². The van der Waals surface area contributed by atoms with Gasteiger partial charge in [-0.1, -0.05) is 91.6 Å². The van der Waals surface area contributed by atoms with Gasteiger partial charge in [-0.05, 0) is 49.4 Å². The fraction of sp³-hybridized carbons (Fsp3) is 0.355. The molecule has 1 aliphatic carbocycles. The van der Waals surface area contributed by atoms with E-state index in [9.17, 15) is 5.11 Å². The average molecular weight is 453 g/mol. The maximum Gasteiger partial charge on any atom is 0.0843 e. The van der Waals surface area contributed by atoms with E-state index < -0.39 is 6.10 Å². The monoisotopic (exact) mass is 452 g/mol. The second-order valence-electron chi connectivity index (χ2n) is 9.94. The molecule has 0 radical (unpaired) electrons. The molecular formula is C31H36N2O. The minimum Gasteiger partial charge on any atom is -0.390 e. The number of rotatable bonds is 7. The average Bonchev–Trinajstić information content (AvgIpc) is 3.18. The van der Waals surface area contributed by atoms with E-state index in [1.54, 1.807) is 0 Å². The van der Waals surface area contributed by atoms with Crippen LogP contribution in [0.15, 0.2) is 72.8 Å². The number of fused-ring (bicyclic) bond motifs is 1. The summed E-state index contributed by atoms with van der Waals surface area (Å²) < 4.78 is 2.37. The van der Waals surface area contributed by atoms with Crippen molar-refractivity contribution >= 4 is 10.9 Å². The molecule has 3 aromatic carbocycles. The van der Waals surface area contributed by atoms with Gasteiger partial charge >= 0.3 is 0 Å². The fourth-order valence-electron chi connectivity index (χ4n) is 5.74. The highest BCUT2D eigenvalue weighted by Gasteiger charge is 2.23. The summed E-state index contributed by atoms with van der Waals surface area (Å²) in [6.45, 7) is 5.56. The number of hydrogen-bond acceptors (Lipinski definition) is 2. The Hall–Kier alpha value is -2.88. The molecule has 4 aromatic rings. The molecule has 5 rings (SSSR count). The molecule has 1 unspecified atom stereocenters. The molecule has 1 heterocycles. The smallest absolute Gasteiger partial charge is 0.0843 e. The van der Waals surface area contributed by atoms with Crippen LogP contribution in [0.5, 0.6) is 0 Å². The van der Waals surface area contributed by atoms with Crippen LogP contribution in [-0.2, 0) is 6.54 Å². The largest absolute Gasteiger partial charge is 0.390 e. The van der Waals surface area contributed by atoms with E-state index in [-0.39, 0.29) is 0 Å². The summed E-state index contributed by atoms with van der Waals surface area (Å²) in [5.74, 6) is 0. The summed E-state index contributed by atoms with van der Waals surface area (Å²) in [6, 6.07) is 26.4. The van der Waals surface area contributed by atoms with Gasteiger partial charge in [-0.15, -0.1) is 0 Å². The van der Waals surface area contributed by atoms with Crippen LogP contribution in [-0.4, -0.2) is 28.4 Å². The minimum absolute atomic E-state index is 0.454. The van der Waals surface area contributed by atoms with E-state index >= 15 is 0 Å². The molecule has 3 heteroatoms. The molecule has 1 atom stereocenters. The lowest BCUT2D eigenvalue weighted by molar-refractivity contribution is 0.146. The Morgan fingerprint density at radius 3 is 2.21 bits per heavy atom. The Labute approximate surface area is 203 Å². The molecule has 2 N–H and O–H groups in total. The number of aliphatic hydroxyl groups excluding tert-OH is 1. The van der Waals surface area contributed by atoms with Gasteiger partial charge in [-0.25, -0.2) is 0 Å². The number of nitrogens with zero attached hydrogens (tertiary/aromatic N) is 1. The van der Waals surface area contributed by atoms with E-state index in [4.69, 9.17) is 0 Å². The third kappa shape index (κ3) is 4.68. The van der Waals surface area contributed by atoms with Crippen LogP contribution >= 0.6 is 0 Å². The zero-order valence-electron chi connectivity index (χ0n) is 20.4. The normalized spacial score (nSPS) is 15.6. The molecule has 3 nitrogen and oxygen atoms in total. The Kier molecular flexibility index (Phi) is 6.85. The maximum absolute atomic E-state index is 11.2. The predicted molar refractivity (Wildman–Crippen MR) is 143 cm³/mol. The van der Waals surface area contributed by atoms with Crippen LogP contribution in [0.3, 0.4) is 0 Å². The van der Waals surface area contributed by atoms with Crippen LogP contribution in [0.4, 0.5) is 0 Å². The number of aromatic nitrogens is 1. The third-order valence-corrected chi connectivity index (χ3v) is 7.24. The highest BCUT2D eigenvalue weighted by molar-refractivity contribution is 6.06. The van der Waals surface area contributed by atoms with E-state index in [1.165, 1.54) is 76.5 Å². The number of aryl methyl sites for hydroxylation is 2. The van der Waals surface area contributed by atoms with Crippen molar-refractivity contribution in [3.63, 3.8) is 0 Å². The predicted octanol–water partition coefficient (Wildman–Crippen LogP) is 6.88. The van der Waals surface area contributed by atoms with Gasteiger partial charge in [-0.2, -0.15) is 0 Å². The Bertz CT molecular complexity index is 1240. The third-order valence-electron chi connectivity index (χ3n) is 7.24. The minimum atomic E-state index is -0.454. The first-order chi connectivity index (χ1) is 16.6. The molecule has 0 amide bonds. The first kappa shape index (κ1) is 22.9. The van der Waals surface area contributed by atoms with Gasteiger partial charge in [0, 0.05) is 23.5 Å². The summed E-state index contributed by atoms with van der Waals surface area (Å²) in [7, 11) is 0. The van der Waals surface area contributed by atoms with Crippen LogP contribution in [0.25, 0.3) is 33.3 Å². The van der Waals surface area contributed by atoms with Gasteiger partial charge < -0.3 is 15.0 Å². The van der Waals surface area contributed by atoms with Gasteiger partial charge in [0.15, 0.2) is 0 Å². The first-order valence-electron chi connectivity index (χ1n) is 12.8. The lowest BCUT2D eigenvalue weighted by Crippen LogP contribution is -2.38. The second kappa shape index (κ2) is 10.2. The van der Waals surface area contributed by atoms with E-state index in [1.807, 2.05) is 0 Å². The number of aliphatic hydroxyl groups is 1. The summed E-state index contributed by atoms with van der Waals surface area (Å²) >= 11 is 0. The zero-order chi connectivity index (χ0) is 23.5. The van der Waals surface area contributed by atoms with Crippen molar-refractivity contribution in [1.82, 2.24) is 9.88 Å². The topological polar surface area (TPSA) is 37.2 Å². The Morgan fingerprint density at radius 1 is 0.882 bits per heavy atom. The molecule has 34 heavy (non-hydrogen) atoms. The summed E-state index contributed by atoms with van der Waals surface area (Å²) in [4.78, 5) is 0. The van der Waals surface area contributed by atoms with Gasteiger partial charge in [0.1, 0.15) is 0 Å². The Morgan fingerprint density at radius 2 is 1.53 bits per heavy atom. The van der Waals surface area contributed by atoms with E-state index in [0.717, 1.165) is 0 Å². The van der Waals surface area contributed by atoms with Crippen molar-refractivity contribution in [2.75, 3.05) is 6.54 Å². The fourth-order valence-corrected chi connectivity index (χ4v) is 5.74. The Balaban J connectivity index is 1.62. The zero-order valence-corrected chi connectivity index (χ0v) is 20.4. The standard InChI is InChI=1S/C31H36N2O/c1-22-18-23(2)30-28(19-22)29(24-12-6-3-7-13-24)31(25-14-8-4-9-15-25)33(30)21-27(34)20-32-26-16-10-5-11-17-26/h3-4,6-9,12-15,18-19,26-27,32,34H,5,10-11,16-17,20-21H2,1-2H3. The van der Waals surface area contributed by atoms with Crippen LogP contribution in [0.1, 0.15) is 43.2 Å². The number of nitrogens with one attached hydrogen (secondary N) is 1. The molecular weight excluding hydrogens is 416 g/mol. The molecule has 0 spiro atoms. The lowest BCUT2D eigenvalue weighted by Gasteiger charge is -2.25. The van der Waals surface area contributed by atoms with Crippen molar-refractivity contribution in [3.05, 3.63) is 83.9 Å². The van der Waals surface area contributed by atoms with Gasteiger partial charge in [0.2, 0.25) is 0 Å². The van der Waals surface area contributed by atoms with Crippen molar-refractivity contribution in [3.8, 4) is 22.4 Å². The van der Waals surface area contributed by atoms with Crippen LogP contribution < -0.4 is 5.32 Å². The van der Waals surface area contributed by atoms with Crippen molar-refractivity contribution in [2.24, 2.45) is 0 Å². The number of benzene rings is 3. The van der Waals surface area contributed by atoms with Crippen LogP contribution in [0, 0.1) is 13.8 Å². The molecule has 1 aromatic heterocycles. The quantitative estimate of drug-likeness (QED) is 0.321. The summed E-state index contributed by atoms with van der Waals surface area (Å²) in [5, 5.41) is 16.1. The van der Waals surface area contributed by atoms with E-state index in [2.05, 4.69) is 96.5 Å². The highest BCUT2D eigenvalue weighted by Crippen LogP contribution is 2.42. The number of hydrogen-bond donors (Lipinski definition) is 2. The second-order valence-corrected chi connectivity index (χ2v) is 9.94. The molecule has 1 aliphatic rings. The van der Waals surface area contributed by atoms with Crippen molar-refractivity contribution in [2.45, 2.75) is 64.6 Å². The molecule has 0 saturated heterocycles. The van der Waals surface area contributed by atoms with Crippen LogP contribution in [0.2, 0.25) is 0 Å². The summed E-state index contributed by atoms with van der Waals surface area (Å²) in [5.41, 5.74) is 8.57. The molecule has 176 valence electrons. The first-order valence-corrected chi connectivity index (χ1v) is 12.8. The summed E-state index contributed by atoms with van der Waals surface area (Å²) in [6.07, 6.45) is 5.94. The molecule has 1 fully saturated rings. The van der Waals surface area contributed by atoms with Gasteiger partial charge in [0.05, 0.1) is 23.9 Å². The van der Waals surface area contributed by atoms with Crippen molar-refractivity contribution in [1.29, 1.82) is 0 Å². The van der Waals surface area contributed by atoms with Gasteiger partial charge in [-0.3, -0.25) is 0 Å². The molecule has 0 bridgehead atoms. The molecule has 1 saturated carbocycles. The molecule has 0 aliphatic heterocycles.